The molecule has 27 heavy (non-hydrogen) atoms. The minimum Gasteiger partial charge on any atom is -0.495 e. The maximum atomic E-state index is 12.9. The molecule has 0 aliphatic heterocycles. The number of methoxy groups -OCH3 is 1. The van der Waals surface area contributed by atoms with E-state index in [1.807, 2.05) is 17.7 Å². The number of ether oxygens (including phenoxy) is 1. The van der Waals surface area contributed by atoms with E-state index in [-0.39, 0.29) is 17.8 Å². The third-order valence-electron chi connectivity index (χ3n) is 4.72. The molecule has 0 spiro atoms. The van der Waals surface area contributed by atoms with Crippen molar-refractivity contribution in [2.24, 2.45) is 7.05 Å². The lowest BCUT2D eigenvalue weighted by Gasteiger charge is -2.11. The van der Waals surface area contributed by atoms with Crippen LogP contribution in [-0.2, 0) is 13.6 Å². The molecular formula is C18H18ClN5O3. The Kier molecular flexibility index (Phi) is 3.88. The molecular weight excluding hydrogens is 370 g/mol. The number of benzene rings is 1. The molecule has 4 aromatic rings. The van der Waals surface area contributed by atoms with Gasteiger partial charge >= 0.3 is 5.69 Å². The Labute approximate surface area is 158 Å². The number of nitrogens with zero attached hydrogens (tertiary/aromatic N) is 5. The smallest absolute Gasteiger partial charge is 0.332 e. The lowest BCUT2D eigenvalue weighted by Crippen LogP contribution is -2.38. The average molecular weight is 388 g/mol. The Balaban J connectivity index is 2.19. The predicted molar refractivity (Wildman–Crippen MR) is 103 cm³/mol. The average Bonchev–Trinajstić information content (AvgIpc) is 3.15. The van der Waals surface area contributed by atoms with Crippen LogP contribution in [0.1, 0.15) is 12.6 Å². The van der Waals surface area contributed by atoms with Crippen LogP contribution in [0, 0.1) is 6.92 Å². The van der Waals surface area contributed by atoms with Gasteiger partial charge in [0.25, 0.3) is 5.56 Å². The first-order chi connectivity index (χ1) is 12.9. The van der Waals surface area contributed by atoms with Crippen LogP contribution in [0.15, 0.2) is 34.0 Å². The highest BCUT2D eigenvalue weighted by Crippen LogP contribution is 2.30. The summed E-state index contributed by atoms with van der Waals surface area (Å²) < 4.78 is 11.6. The van der Waals surface area contributed by atoms with Gasteiger partial charge in [0.1, 0.15) is 5.75 Å². The van der Waals surface area contributed by atoms with Crippen LogP contribution in [0.2, 0.25) is 5.02 Å². The van der Waals surface area contributed by atoms with Crippen LogP contribution >= 0.6 is 11.6 Å². The summed E-state index contributed by atoms with van der Waals surface area (Å²) >= 11 is 6.19. The topological polar surface area (TPSA) is 75.5 Å². The molecule has 0 saturated heterocycles. The minimum atomic E-state index is -0.389. The molecule has 1 aromatic carbocycles. The van der Waals surface area contributed by atoms with Gasteiger partial charge in [0.05, 0.1) is 12.8 Å². The first-order valence-electron chi connectivity index (χ1n) is 8.42. The summed E-state index contributed by atoms with van der Waals surface area (Å²) in [5, 5.41) is 0.550. The van der Waals surface area contributed by atoms with Gasteiger partial charge in [-0.3, -0.25) is 22.9 Å². The van der Waals surface area contributed by atoms with Gasteiger partial charge in [0, 0.05) is 30.5 Å². The molecule has 0 aliphatic carbocycles. The van der Waals surface area contributed by atoms with Gasteiger partial charge in [-0.2, -0.15) is 4.98 Å². The Bertz CT molecular complexity index is 1330. The molecule has 4 rings (SSSR count). The summed E-state index contributed by atoms with van der Waals surface area (Å²) in [6.07, 6.45) is 1.82. The summed E-state index contributed by atoms with van der Waals surface area (Å²) in [7, 11) is 3.19. The van der Waals surface area contributed by atoms with Gasteiger partial charge in [-0.25, -0.2) is 4.79 Å². The number of aromatic nitrogens is 5. The normalized spacial score (nSPS) is 11.6. The Morgan fingerprint density at radius 1 is 1.26 bits per heavy atom. The molecule has 0 fully saturated rings. The lowest BCUT2D eigenvalue weighted by atomic mass is 10.3. The van der Waals surface area contributed by atoms with E-state index >= 15 is 0 Å². The summed E-state index contributed by atoms with van der Waals surface area (Å²) in [4.78, 5) is 29.9. The molecule has 0 radical (unpaired) electrons. The number of aryl methyl sites for hydroxylation is 2. The second-order valence-electron chi connectivity index (χ2n) is 6.27. The molecule has 0 N–H and O–H groups in total. The van der Waals surface area contributed by atoms with E-state index in [0.717, 1.165) is 5.69 Å². The molecule has 0 bridgehead atoms. The van der Waals surface area contributed by atoms with E-state index < -0.39 is 0 Å². The van der Waals surface area contributed by atoms with E-state index in [9.17, 15) is 9.59 Å². The monoisotopic (exact) mass is 387 g/mol. The highest BCUT2D eigenvalue weighted by atomic mass is 35.5. The third-order valence-corrected chi connectivity index (χ3v) is 4.96. The summed E-state index contributed by atoms with van der Waals surface area (Å²) in [6, 6.07) is 5.29. The molecule has 0 aliphatic rings. The van der Waals surface area contributed by atoms with Crippen molar-refractivity contribution >= 4 is 28.5 Å². The molecule has 0 atom stereocenters. The summed E-state index contributed by atoms with van der Waals surface area (Å²) in [5.74, 6) is 1.12. The largest absolute Gasteiger partial charge is 0.495 e. The second-order valence-corrected chi connectivity index (χ2v) is 6.70. The first-order valence-corrected chi connectivity index (χ1v) is 8.80. The Morgan fingerprint density at radius 3 is 2.67 bits per heavy atom. The van der Waals surface area contributed by atoms with Crippen LogP contribution in [0.25, 0.3) is 22.6 Å². The fourth-order valence-electron chi connectivity index (χ4n) is 3.42. The van der Waals surface area contributed by atoms with Gasteiger partial charge in [-0.1, -0.05) is 11.6 Å². The third kappa shape index (κ3) is 2.33. The fraction of sp³-hybridized carbons (Fsp3) is 0.278. The first kappa shape index (κ1) is 17.4. The molecule has 9 heteroatoms. The van der Waals surface area contributed by atoms with Crippen LogP contribution in [-0.4, -0.2) is 30.2 Å². The van der Waals surface area contributed by atoms with Crippen molar-refractivity contribution in [1.82, 2.24) is 23.1 Å². The van der Waals surface area contributed by atoms with Crippen molar-refractivity contribution in [3.63, 3.8) is 0 Å². The van der Waals surface area contributed by atoms with Crippen molar-refractivity contribution in [2.45, 2.75) is 20.4 Å². The van der Waals surface area contributed by atoms with Gasteiger partial charge < -0.3 is 4.74 Å². The number of rotatable bonds is 3. The Morgan fingerprint density at radius 2 is 2.00 bits per heavy atom. The fourth-order valence-corrected chi connectivity index (χ4v) is 3.59. The highest BCUT2D eigenvalue weighted by Gasteiger charge is 2.21. The lowest BCUT2D eigenvalue weighted by molar-refractivity contribution is 0.413. The number of hydrogen-bond acceptors (Lipinski definition) is 4. The maximum Gasteiger partial charge on any atom is 0.332 e. The zero-order valence-corrected chi connectivity index (χ0v) is 16.1. The second kappa shape index (κ2) is 6.02. The van der Waals surface area contributed by atoms with Gasteiger partial charge in [-0.15, -0.1) is 0 Å². The minimum absolute atomic E-state index is 0.288. The number of fused-ring (bicyclic) bond motifs is 3. The quantitative estimate of drug-likeness (QED) is 0.539. The van der Waals surface area contributed by atoms with Gasteiger partial charge in [0.2, 0.25) is 5.78 Å². The van der Waals surface area contributed by atoms with Crippen LogP contribution in [0.5, 0.6) is 5.75 Å². The highest BCUT2D eigenvalue weighted by molar-refractivity contribution is 6.30. The standard InChI is InChI=1S/C18H18ClN5O3/c1-5-22-16(25)14-15(21(3)18(22)26)20-17-23(14)9-10(2)24(17)12-8-11(19)6-7-13(12)27-4/h6-9H,5H2,1-4H3. The number of hydrogen-bond donors (Lipinski definition) is 0. The van der Waals surface area contributed by atoms with Crippen LogP contribution in [0.4, 0.5) is 0 Å². The van der Waals surface area contributed by atoms with Gasteiger partial charge in [-0.05, 0) is 32.0 Å². The van der Waals surface area contributed by atoms with E-state index in [2.05, 4.69) is 4.98 Å². The maximum absolute atomic E-state index is 12.9. The Hall–Kier alpha value is -3.00. The summed E-state index contributed by atoms with van der Waals surface area (Å²) in [6.45, 7) is 3.96. The van der Waals surface area contributed by atoms with E-state index in [0.29, 0.717) is 33.4 Å². The zero-order valence-electron chi connectivity index (χ0n) is 15.4. The van der Waals surface area contributed by atoms with E-state index in [1.54, 1.807) is 43.7 Å². The summed E-state index contributed by atoms with van der Waals surface area (Å²) in [5.41, 5.74) is 1.49. The van der Waals surface area contributed by atoms with Crippen molar-refractivity contribution in [3.05, 3.63) is 56.0 Å². The predicted octanol–water partition coefficient (Wildman–Crippen LogP) is 2.13. The number of imidazole rings is 2. The SMILES string of the molecule is CCn1c(=O)c2c(nc3n(-c4cc(Cl)ccc4OC)c(C)cn23)n(C)c1=O. The van der Waals surface area contributed by atoms with E-state index in [4.69, 9.17) is 16.3 Å². The van der Waals surface area contributed by atoms with Crippen molar-refractivity contribution < 1.29 is 4.74 Å². The van der Waals surface area contributed by atoms with Crippen LogP contribution < -0.4 is 16.0 Å². The molecule has 0 amide bonds. The molecule has 3 heterocycles. The van der Waals surface area contributed by atoms with Gasteiger partial charge in [0.15, 0.2) is 11.2 Å². The zero-order chi connectivity index (χ0) is 19.5. The van der Waals surface area contributed by atoms with Crippen molar-refractivity contribution in [1.29, 1.82) is 0 Å². The molecule has 3 aromatic heterocycles. The molecule has 140 valence electrons. The molecule has 8 nitrogen and oxygen atoms in total. The molecule has 0 unspecified atom stereocenters. The van der Waals surface area contributed by atoms with Crippen molar-refractivity contribution in [3.8, 4) is 11.4 Å². The van der Waals surface area contributed by atoms with E-state index in [1.165, 1.54) is 9.13 Å². The van der Waals surface area contributed by atoms with Crippen molar-refractivity contribution in [2.75, 3.05) is 7.11 Å². The molecule has 0 saturated carbocycles. The van der Waals surface area contributed by atoms with Crippen LogP contribution in [0.3, 0.4) is 0 Å². The number of halogens is 1.